The summed E-state index contributed by atoms with van der Waals surface area (Å²) in [6, 6.07) is 22.4. The van der Waals surface area contributed by atoms with Crippen molar-refractivity contribution in [3.05, 3.63) is 102 Å². The molecule has 3 aromatic carbocycles. The molecule has 3 aromatic rings. The van der Waals surface area contributed by atoms with E-state index in [2.05, 4.69) is 29.1 Å². The zero-order valence-corrected chi connectivity index (χ0v) is 28.0. The van der Waals surface area contributed by atoms with E-state index in [4.69, 9.17) is 4.74 Å². The van der Waals surface area contributed by atoms with Gasteiger partial charge in [-0.05, 0) is 68.0 Å². The number of anilines is 1. The number of para-hydroxylation sites is 1. The van der Waals surface area contributed by atoms with Crippen LogP contribution in [0.2, 0.25) is 0 Å². The molecule has 0 atom stereocenters. The lowest BCUT2D eigenvalue weighted by molar-refractivity contribution is -0.119. The zero-order chi connectivity index (χ0) is 32.9. The Balaban J connectivity index is 1.38. The van der Waals surface area contributed by atoms with Crippen molar-refractivity contribution in [2.45, 2.75) is 108 Å². The number of amides is 2. The number of nitrogens with one attached hydrogen (secondary N) is 2. The monoisotopic (exact) mass is 646 g/mol. The summed E-state index contributed by atoms with van der Waals surface area (Å²) in [4.78, 5) is 25.4. The molecule has 0 fully saturated rings. The van der Waals surface area contributed by atoms with Crippen molar-refractivity contribution in [1.29, 1.82) is 0 Å². The Hall–Kier alpha value is -3.91. The van der Waals surface area contributed by atoms with Crippen LogP contribution in [0.5, 0.6) is 5.75 Å². The van der Waals surface area contributed by atoms with Gasteiger partial charge < -0.3 is 10.1 Å². The Morgan fingerprint density at radius 1 is 0.717 bits per heavy atom. The molecule has 3 rings (SSSR count). The summed E-state index contributed by atoms with van der Waals surface area (Å²) in [5, 5.41) is 2.68. The van der Waals surface area contributed by atoms with Crippen LogP contribution < -0.4 is 14.8 Å². The van der Waals surface area contributed by atoms with Crippen molar-refractivity contribution in [2.75, 3.05) is 5.32 Å². The highest BCUT2D eigenvalue weighted by Crippen LogP contribution is 2.23. The fourth-order valence-electron chi connectivity index (χ4n) is 5.08. The van der Waals surface area contributed by atoms with Crippen LogP contribution >= 0.6 is 0 Å². The van der Waals surface area contributed by atoms with Crippen molar-refractivity contribution in [3.8, 4) is 5.75 Å². The molecule has 0 aliphatic heterocycles. The van der Waals surface area contributed by atoms with E-state index in [1.165, 1.54) is 57.1 Å². The minimum Gasteiger partial charge on any atom is -0.489 e. The molecule has 0 saturated heterocycles. The summed E-state index contributed by atoms with van der Waals surface area (Å²) in [5.41, 5.74) is 1.39. The number of sulfonamides is 1. The van der Waals surface area contributed by atoms with E-state index in [1.807, 2.05) is 30.3 Å². The van der Waals surface area contributed by atoms with Crippen LogP contribution in [-0.4, -0.2) is 20.2 Å². The molecule has 8 heteroatoms. The maximum atomic E-state index is 13.1. The number of benzene rings is 3. The molecule has 7 nitrogen and oxygen atoms in total. The summed E-state index contributed by atoms with van der Waals surface area (Å²) in [7, 11) is -4.18. The number of hydrogen-bond donors (Lipinski definition) is 2. The normalized spacial score (nSPS) is 11.4. The SMILES string of the molecule is CCCCCCCC/C=C/CCCCCCCC(=O)NS(=O)(=O)c1ccccc1NC(=O)c1cccc(OCc2ccccc2)c1. The Labute approximate surface area is 275 Å². The molecule has 0 unspecified atom stereocenters. The number of allylic oxidation sites excluding steroid dienone is 2. The van der Waals surface area contributed by atoms with E-state index in [1.54, 1.807) is 36.4 Å². The maximum absolute atomic E-state index is 13.1. The highest BCUT2D eigenvalue weighted by atomic mass is 32.2. The maximum Gasteiger partial charge on any atom is 0.266 e. The van der Waals surface area contributed by atoms with Gasteiger partial charge in [-0.3, -0.25) is 9.59 Å². The van der Waals surface area contributed by atoms with E-state index in [-0.39, 0.29) is 17.0 Å². The Bertz CT molecular complexity index is 1470. The second kappa shape index (κ2) is 21.0. The highest BCUT2D eigenvalue weighted by Gasteiger charge is 2.22. The molecule has 0 radical (unpaired) electrons. The second-order valence-electron chi connectivity index (χ2n) is 11.6. The predicted octanol–water partition coefficient (Wildman–Crippen LogP) is 9.36. The van der Waals surface area contributed by atoms with Crippen molar-refractivity contribution in [3.63, 3.8) is 0 Å². The van der Waals surface area contributed by atoms with Crippen LogP contribution in [-0.2, 0) is 21.4 Å². The van der Waals surface area contributed by atoms with Crippen molar-refractivity contribution >= 4 is 27.5 Å². The molecule has 46 heavy (non-hydrogen) atoms. The average molecular weight is 647 g/mol. The molecular formula is C38H50N2O5S. The van der Waals surface area contributed by atoms with Gasteiger partial charge in [0, 0.05) is 12.0 Å². The van der Waals surface area contributed by atoms with E-state index in [0.717, 1.165) is 37.7 Å². The summed E-state index contributed by atoms with van der Waals surface area (Å²) in [6.07, 6.45) is 19.6. The van der Waals surface area contributed by atoms with Gasteiger partial charge >= 0.3 is 0 Å². The van der Waals surface area contributed by atoms with Crippen molar-refractivity contribution in [2.24, 2.45) is 0 Å². The summed E-state index contributed by atoms with van der Waals surface area (Å²) in [5.74, 6) is -0.533. The smallest absolute Gasteiger partial charge is 0.266 e. The molecule has 0 saturated carbocycles. The fraction of sp³-hybridized carbons (Fsp3) is 0.421. The summed E-state index contributed by atoms with van der Waals surface area (Å²) in [6.45, 7) is 2.59. The Kier molecular flexibility index (Phi) is 16.7. The van der Waals surface area contributed by atoms with Gasteiger partial charge in [0.15, 0.2) is 0 Å². The minimum absolute atomic E-state index is 0.0874. The molecule has 0 spiro atoms. The standard InChI is InChI=1S/C38H50N2O5S/c1-2-3-4-5-6-7-8-9-10-11-12-13-14-15-19-29-37(41)40-46(43,44)36-28-21-20-27-35(36)39-38(42)33-25-22-26-34(30-33)45-31-32-23-17-16-18-24-32/h9-10,16-18,20-28,30H,2-8,11-15,19,29,31H2,1H3,(H,39,42)(H,40,41)/b10-9+. The molecule has 0 aromatic heterocycles. The van der Waals surface area contributed by atoms with Gasteiger partial charge in [-0.15, -0.1) is 0 Å². The number of carbonyl (C=O) groups excluding carboxylic acids is 2. The third-order valence-electron chi connectivity index (χ3n) is 7.68. The van der Waals surface area contributed by atoms with Crippen LogP contribution in [0.4, 0.5) is 5.69 Å². The first-order valence-corrected chi connectivity index (χ1v) is 18.2. The van der Waals surface area contributed by atoms with E-state index in [0.29, 0.717) is 24.3 Å². The molecule has 2 N–H and O–H groups in total. The van der Waals surface area contributed by atoms with Gasteiger partial charge in [-0.1, -0.05) is 119 Å². The van der Waals surface area contributed by atoms with Gasteiger partial charge in [-0.2, -0.15) is 0 Å². The Morgan fingerprint density at radius 3 is 2.07 bits per heavy atom. The lowest BCUT2D eigenvalue weighted by Crippen LogP contribution is -2.31. The number of carbonyl (C=O) groups is 2. The van der Waals surface area contributed by atoms with Gasteiger partial charge in [0.25, 0.3) is 15.9 Å². The predicted molar refractivity (Wildman–Crippen MR) is 186 cm³/mol. The molecule has 0 heterocycles. The first kappa shape index (κ1) is 36.6. The second-order valence-corrected chi connectivity index (χ2v) is 13.3. The van der Waals surface area contributed by atoms with Crippen LogP contribution in [0.1, 0.15) is 113 Å². The van der Waals surface area contributed by atoms with Crippen LogP contribution in [0.25, 0.3) is 0 Å². The third-order valence-corrected chi connectivity index (χ3v) is 9.11. The molecule has 0 aliphatic carbocycles. The van der Waals surface area contributed by atoms with Gasteiger partial charge in [-0.25, -0.2) is 13.1 Å². The molecule has 2 amide bonds. The number of hydrogen-bond acceptors (Lipinski definition) is 5. The largest absolute Gasteiger partial charge is 0.489 e. The van der Waals surface area contributed by atoms with Gasteiger partial charge in [0.05, 0.1) is 5.69 Å². The number of rotatable bonds is 22. The number of ether oxygens (including phenoxy) is 1. The highest BCUT2D eigenvalue weighted by molar-refractivity contribution is 7.90. The molecule has 248 valence electrons. The Morgan fingerprint density at radius 2 is 1.35 bits per heavy atom. The zero-order valence-electron chi connectivity index (χ0n) is 27.2. The lowest BCUT2D eigenvalue weighted by Gasteiger charge is -2.13. The third kappa shape index (κ3) is 14.0. The van der Waals surface area contributed by atoms with Crippen LogP contribution in [0.15, 0.2) is 95.9 Å². The molecule has 0 bridgehead atoms. The lowest BCUT2D eigenvalue weighted by atomic mass is 10.1. The van der Waals surface area contributed by atoms with Gasteiger partial charge in [0.1, 0.15) is 17.3 Å². The summed E-state index contributed by atoms with van der Waals surface area (Å²) >= 11 is 0. The fourth-order valence-corrected chi connectivity index (χ4v) is 6.26. The quantitative estimate of drug-likeness (QED) is 0.0837. The van der Waals surface area contributed by atoms with Crippen LogP contribution in [0, 0.1) is 0 Å². The average Bonchev–Trinajstić information content (AvgIpc) is 3.06. The minimum atomic E-state index is -4.18. The topological polar surface area (TPSA) is 102 Å². The van der Waals surface area contributed by atoms with E-state index >= 15 is 0 Å². The van der Waals surface area contributed by atoms with Gasteiger partial charge in [0.2, 0.25) is 5.91 Å². The molecular weight excluding hydrogens is 596 g/mol. The first-order valence-electron chi connectivity index (χ1n) is 16.8. The van der Waals surface area contributed by atoms with E-state index < -0.39 is 21.8 Å². The molecule has 0 aliphatic rings. The summed E-state index contributed by atoms with van der Waals surface area (Å²) < 4.78 is 34.2. The van der Waals surface area contributed by atoms with Crippen molar-refractivity contribution in [1.82, 2.24) is 4.72 Å². The van der Waals surface area contributed by atoms with E-state index in [9.17, 15) is 18.0 Å². The number of unbranched alkanes of at least 4 members (excludes halogenated alkanes) is 11. The van der Waals surface area contributed by atoms with Crippen LogP contribution in [0.3, 0.4) is 0 Å². The first-order chi connectivity index (χ1) is 22.4. The van der Waals surface area contributed by atoms with Crippen molar-refractivity contribution < 1.29 is 22.7 Å².